The molecule has 0 aliphatic carbocycles. The van der Waals surface area contributed by atoms with E-state index in [2.05, 4.69) is 24.0 Å². The second-order valence-electron chi connectivity index (χ2n) is 4.52. The molecule has 2 heterocycles. The lowest BCUT2D eigenvalue weighted by Crippen LogP contribution is -2.00. The van der Waals surface area contributed by atoms with Crippen LogP contribution in [0.5, 0.6) is 0 Å². The van der Waals surface area contributed by atoms with Crippen LogP contribution in [-0.4, -0.2) is 18.1 Å². The zero-order valence-electron chi connectivity index (χ0n) is 11.6. The summed E-state index contributed by atoms with van der Waals surface area (Å²) in [5.41, 5.74) is 2.46. The van der Waals surface area contributed by atoms with Crippen LogP contribution >= 0.6 is 22.7 Å². The maximum absolute atomic E-state index is 11.6. The number of esters is 1. The fourth-order valence-corrected chi connectivity index (χ4v) is 3.71. The third-order valence-corrected chi connectivity index (χ3v) is 4.94. The minimum atomic E-state index is -0.331. The molecule has 21 heavy (non-hydrogen) atoms. The second kappa shape index (κ2) is 5.79. The van der Waals surface area contributed by atoms with E-state index in [0.29, 0.717) is 5.56 Å². The van der Waals surface area contributed by atoms with E-state index in [1.807, 2.05) is 23.6 Å². The molecule has 0 saturated heterocycles. The number of aryl methyl sites for hydroxylation is 1. The highest BCUT2D eigenvalue weighted by molar-refractivity contribution is 7.16. The second-order valence-corrected chi connectivity index (χ2v) is 6.67. The van der Waals surface area contributed by atoms with Crippen molar-refractivity contribution in [2.45, 2.75) is 6.92 Å². The number of ether oxygens (including phenoxy) is 1. The number of rotatable bonds is 3. The van der Waals surface area contributed by atoms with Gasteiger partial charge in [0.1, 0.15) is 5.01 Å². The molecule has 0 spiro atoms. The first kappa shape index (κ1) is 14.0. The molecule has 0 unspecified atom stereocenters. The number of nitrogens with zero attached hydrogens (tertiary/aromatic N) is 1. The van der Waals surface area contributed by atoms with Crippen LogP contribution in [0.15, 0.2) is 41.8 Å². The van der Waals surface area contributed by atoms with Gasteiger partial charge in [-0.15, -0.1) is 22.7 Å². The van der Waals surface area contributed by atoms with E-state index in [4.69, 9.17) is 4.74 Å². The van der Waals surface area contributed by atoms with Crippen molar-refractivity contribution in [1.82, 2.24) is 4.98 Å². The largest absolute Gasteiger partial charge is 0.465 e. The molecular weight excluding hydrogens is 302 g/mol. The predicted octanol–water partition coefficient (Wildman–Crippen LogP) is 4.63. The molecule has 3 nitrogen and oxygen atoms in total. The topological polar surface area (TPSA) is 39.2 Å². The van der Waals surface area contributed by atoms with Crippen LogP contribution in [0.25, 0.3) is 21.1 Å². The number of hydrogen-bond donors (Lipinski definition) is 0. The highest BCUT2D eigenvalue weighted by Crippen LogP contribution is 2.32. The van der Waals surface area contributed by atoms with Gasteiger partial charge >= 0.3 is 5.97 Å². The Morgan fingerprint density at radius 2 is 2.10 bits per heavy atom. The van der Waals surface area contributed by atoms with E-state index in [9.17, 15) is 4.79 Å². The summed E-state index contributed by atoms with van der Waals surface area (Å²) in [4.78, 5) is 18.7. The highest BCUT2D eigenvalue weighted by atomic mass is 32.1. The van der Waals surface area contributed by atoms with Gasteiger partial charge in [-0.1, -0.05) is 12.1 Å². The van der Waals surface area contributed by atoms with E-state index in [0.717, 1.165) is 16.3 Å². The normalized spacial score (nSPS) is 10.6. The van der Waals surface area contributed by atoms with Gasteiger partial charge in [0.2, 0.25) is 0 Å². The Labute approximate surface area is 130 Å². The van der Waals surface area contributed by atoms with E-state index in [-0.39, 0.29) is 5.97 Å². The molecular formula is C16H13NO2S2. The van der Waals surface area contributed by atoms with Crippen LogP contribution in [0, 0.1) is 6.92 Å². The number of carbonyl (C=O) groups is 1. The molecule has 2 aromatic heterocycles. The van der Waals surface area contributed by atoms with Crippen molar-refractivity contribution < 1.29 is 9.53 Å². The maximum atomic E-state index is 11.6. The van der Waals surface area contributed by atoms with Crippen LogP contribution in [0.2, 0.25) is 0 Å². The first-order valence-electron chi connectivity index (χ1n) is 6.38. The third kappa shape index (κ3) is 2.89. The number of methoxy groups -OCH3 is 1. The molecule has 0 amide bonds. The summed E-state index contributed by atoms with van der Waals surface area (Å²) < 4.78 is 4.75. The summed E-state index contributed by atoms with van der Waals surface area (Å²) in [7, 11) is 1.38. The maximum Gasteiger partial charge on any atom is 0.337 e. The first-order chi connectivity index (χ1) is 10.2. The number of benzene rings is 1. The molecule has 3 rings (SSSR count). The minimum Gasteiger partial charge on any atom is -0.465 e. The third-order valence-electron chi connectivity index (χ3n) is 3.03. The van der Waals surface area contributed by atoms with Crippen LogP contribution in [0.3, 0.4) is 0 Å². The number of hydrogen-bond acceptors (Lipinski definition) is 5. The molecule has 1 aromatic carbocycles. The van der Waals surface area contributed by atoms with Gasteiger partial charge in [0.05, 0.1) is 23.2 Å². The Bertz CT molecular complexity index is 789. The fraction of sp³-hybridized carbons (Fsp3) is 0.125. The van der Waals surface area contributed by atoms with Crippen molar-refractivity contribution in [1.29, 1.82) is 0 Å². The molecule has 0 N–H and O–H groups in total. The summed E-state index contributed by atoms with van der Waals surface area (Å²) in [6.45, 7) is 2.08. The predicted molar refractivity (Wildman–Crippen MR) is 86.9 cm³/mol. The zero-order chi connectivity index (χ0) is 14.8. The molecule has 0 radical (unpaired) electrons. The Hall–Kier alpha value is -1.98. The lowest BCUT2D eigenvalue weighted by molar-refractivity contribution is 0.0601. The van der Waals surface area contributed by atoms with Gasteiger partial charge in [-0.05, 0) is 31.2 Å². The van der Waals surface area contributed by atoms with Gasteiger partial charge < -0.3 is 4.74 Å². The monoisotopic (exact) mass is 315 g/mol. The molecule has 0 aliphatic heterocycles. The summed E-state index contributed by atoms with van der Waals surface area (Å²) in [5, 5.41) is 2.95. The van der Waals surface area contributed by atoms with Crippen molar-refractivity contribution in [2.24, 2.45) is 0 Å². The number of aromatic nitrogens is 1. The molecule has 0 saturated carbocycles. The van der Waals surface area contributed by atoms with Crippen molar-refractivity contribution in [3.05, 3.63) is 52.2 Å². The summed E-state index contributed by atoms with van der Waals surface area (Å²) in [6, 6.07) is 11.5. The van der Waals surface area contributed by atoms with E-state index in [1.165, 1.54) is 16.9 Å². The molecule has 5 heteroatoms. The van der Waals surface area contributed by atoms with Crippen LogP contribution in [0.1, 0.15) is 15.2 Å². The van der Waals surface area contributed by atoms with Gasteiger partial charge in [0.15, 0.2) is 0 Å². The Kier molecular flexibility index (Phi) is 3.86. The van der Waals surface area contributed by atoms with Crippen molar-refractivity contribution in [3.63, 3.8) is 0 Å². The van der Waals surface area contributed by atoms with Crippen LogP contribution in [0.4, 0.5) is 0 Å². The Morgan fingerprint density at radius 3 is 2.81 bits per heavy atom. The van der Waals surface area contributed by atoms with E-state index in [1.54, 1.807) is 28.7 Å². The molecule has 0 bridgehead atoms. The number of thiazole rings is 1. The molecule has 106 valence electrons. The smallest absolute Gasteiger partial charge is 0.337 e. The number of carbonyl (C=O) groups excluding carboxylic acids is 1. The summed E-state index contributed by atoms with van der Waals surface area (Å²) >= 11 is 3.31. The average Bonchev–Trinajstić information content (AvgIpc) is 3.15. The Morgan fingerprint density at radius 1 is 1.24 bits per heavy atom. The number of thiophene rings is 1. The van der Waals surface area contributed by atoms with E-state index < -0.39 is 0 Å². The lowest BCUT2D eigenvalue weighted by Gasteiger charge is -2.01. The van der Waals surface area contributed by atoms with Crippen molar-refractivity contribution in [3.8, 4) is 21.1 Å². The van der Waals surface area contributed by atoms with Crippen LogP contribution in [-0.2, 0) is 4.74 Å². The van der Waals surface area contributed by atoms with Crippen LogP contribution < -0.4 is 0 Å². The summed E-state index contributed by atoms with van der Waals surface area (Å²) in [6.07, 6.45) is 0. The quantitative estimate of drug-likeness (QED) is 0.661. The molecule has 3 aromatic rings. The molecule has 0 fully saturated rings. The van der Waals surface area contributed by atoms with Crippen molar-refractivity contribution >= 4 is 28.6 Å². The average molecular weight is 315 g/mol. The lowest BCUT2D eigenvalue weighted by atomic mass is 10.1. The minimum absolute atomic E-state index is 0.331. The van der Waals surface area contributed by atoms with Gasteiger partial charge in [-0.25, -0.2) is 9.78 Å². The first-order valence-corrected chi connectivity index (χ1v) is 8.08. The fourth-order valence-electron chi connectivity index (χ4n) is 1.99. The summed E-state index contributed by atoms with van der Waals surface area (Å²) in [5.74, 6) is -0.331. The van der Waals surface area contributed by atoms with E-state index >= 15 is 0 Å². The SMILES string of the molecule is COC(=O)c1cccc(-c2nc(-c3ccc(C)s3)cs2)c1. The van der Waals surface area contributed by atoms with Gasteiger partial charge in [-0.2, -0.15) is 0 Å². The van der Waals surface area contributed by atoms with Gasteiger partial charge in [0.25, 0.3) is 0 Å². The van der Waals surface area contributed by atoms with Crippen molar-refractivity contribution in [2.75, 3.05) is 7.11 Å². The standard InChI is InChI=1S/C16H13NO2S2/c1-10-6-7-14(21-10)13-9-20-15(17-13)11-4-3-5-12(8-11)16(18)19-2/h3-9H,1-2H3. The van der Waals surface area contributed by atoms with Gasteiger partial charge in [-0.3, -0.25) is 0 Å². The Balaban J connectivity index is 1.95. The van der Waals surface area contributed by atoms with Gasteiger partial charge in [0, 0.05) is 15.8 Å². The highest BCUT2D eigenvalue weighted by Gasteiger charge is 2.11. The molecule has 0 atom stereocenters. The zero-order valence-corrected chi connectivity index (χ0v) is 13.3. The molecule has 0 aliphatic rings.